The number of nitrogens with one attached hydrogen (secondary N) is 1. The van der Waals surface area contributed by atoms with E-state index in [2.05, 4.69) is 5.32 Å². The van der Waals surface area contributed by atoms with Crippen LogP contribution in [0.25, 0.3) is 0 Å². The molecule has 0 bridgehead atoms. The van der Waals surface area contributed by atoms with Crippen LogP contribution >= 0.6 is 0 Å². The maximum Gasteiger partial charge on any atom is 0.358 e. The molecule has 0 fully saturated rings. The summed E-state index contributed by atoms with van der Waals surface area (Å²) in [6.07, 6.45) is 0. The van der Waals surface area contributed by atoms with Gasteiger partial charge in [-0.1, -0.05) is 18.2 Å². The number of rotatable bonds is 4. The predicted octanol–water partition coefficient (Wildman–Crippen LogP) is 1.77. The lowest BCUT2D eigenvalue weighted by atomic mass is 10.2. The second kappa shape index (κ2) is 6.44. The van der Waals surface area contributed by atoms with Gasteiger partial charge >= 0.3 is 5.97 Å². The number of carbonyl (C=O) groups excluding carboxylic acids is 2. The number of ether oxygens (including phenoxy) is 1. The Balaban J connectivity index is 2.84. The normalized spacial score (nSPS) is 11.4. The zero-order valence-electron chi connectivity index (χ0n) is 10.3. The van der Waals surface area contributed by atoms with Gasteiger partial charge in [-0.2, -0.15) is 0 Å². The summed E-state index contributed by atoms with van der Waals surface area (Å²) >= 11 is 0. The molecule has 96 valence electrons. The Hall–Kier alpha value is -2.30. The number of aliphatic hydroxyl groups excluding tert-OH is 1. The summed E-state index contributed by atoms with van der Waals surface area (Å²) in [4.78, 5) is 23.3. The summed E-state index contributed by atoms with van der Waals surface area (Å²) < 4.78 is 4.73. The molecule has 0 radical (unpaired) electrons. The van der Waals surface area contributed by atoms with Crippen LogP contribution in [-0.2, 0) is 9.53 Å². The van der Waals surface area contributed by atoms with Gasteiger partial charge in [0.1, 0.15) is 5.76 Å². The van der Waals surface area contributed by atoms with Crippen molar-refractivity contribution in [3.8, 4) is 0 Å². The van der Waals surface area contributed by atoms with Gasteiger partial charge in [0.05, 0.1) is 6.61 Å². The first-order valence-corrected chi connectivity index (χ1v) is 5.49. The molecule has 0 saturated heterocycles. The summed E-state index contributed by atoms with van der Waals surface area (Å²) in [6.45, 7) is 3.11. The molecule has 1 aromatic rings. The number of hydrogen-bond donors (Lipinski definition) is 2. The van der Waals surface area contributed by atoms with Crippen LogP contribution in [-0.4, -0.2) is 23.6 Å². The molecule has 0 unspecified atom stereocenters. The van der Waals surface area contributed by atoms with E-state index < -0.39 is 11.9 Å². The highest BCUT2D eigenvalue weighted by Crippen LogP contribution is 2.04. The highest BCUT2D eigenvalue weighted by atomic mass is 16.5. The van der Waals surface area contributed by atoms with Crippen LogP contribution in [0, 0.1) is 0 Å². The third-order valence-corrected chi connectivity index (χ3v) is 2.12. The topological polar surface area (TPSA) is 75.6 Å². The van der Waals surface area contributed by atoms with Gasteiger partial charge in [-0.15, -0.1) is 0 Å². The SMILES string of the molecule is CCOC(=O)/C(NC(=O)c1ccccc1)=C(\C)O. The van der Waals surface area contributed by atoms with Gasteiger partial charge in [0.15, 0.2) is 5.70 Å². The van der Waals surface area contributed by atoms with Crippen molar-refractivity contribution in [1.82, 2.24) is 5.32 Å². The highest BCUT2D eigenvalue weighted by Gasteiger charge is 2.18. The van der Waals surface area contributed by atoms with Gasteiger partial charge in [-0.05, 0) is 26.0 Å². The molecular formula is C13H15NO4. The van der Waals surface area contributed by atoms with E-state index in [-0.39, 0.29) is 18.1 Å². The molecule has 0 aliphatic heterocycles. The number of aliphatic hydroxyl groups is 1. The summed E-state index contributed by atoms with van der Waals surface area (Å²) in [5.74, 6) is -1.54. The minimum atomic E-state index is -0.762. The van der Waals surface area contributed by atoms with Crippen molar-refractivity contribution in [2.24, 2.45) is 0 Å². The summed E-state index contributed by atoms with van der Waals surface area (Å²) in [7, 11) is 0. The molecule has 0 spiro atoms. The van der Waals surface area contributed by atoms with E-state index in [1.54, 1.807) is 37.3 Å². The van der Waals surface area contributed by atoms with Gasteiger partial charge in [0, 0.05) is 5.56 Å². The molecule has 2 N–H and O–H groups in total. The van der Waals surface area contributed by atoms with Crippen molar-refractivity contribution in [2.75, 3.05) is 6.61 Å². The van der Waals surface area contributed by atoms with Gasteiger partial charge in [0.2, 0.25) is 0 Å². The minimum absolute atomic E-state index is 0.164. The van der Waals surface area contributed by atoms with E-state index in [4.69, 9.17) is 4.74 Å². The summed E-state index contributed by atoms with van der Waals surface area (Å²) in [5, 5.41) is 11.7. The molecule has 18 heavy (non-hydrogen) atoms. The third kappa shape index (κ3) is 3.62. The molecule has 0 heterocycles. The second-order valence-electron chi connectivity index (χ2n) is 3.50. The fraction of sp³-hybridized carbons (Fsp3) is 0.231. The molecular weight excluding hydrogens is 234 g/mol. The number of amides is 1. The number of benzene rings is 1. The molecule has 1 aromatic carbocycles. The molecule has 0 aliphatic rings. The Bertz CT molecular complexity index is 461. The maximum atomic E-state index is 11.8. The Morgan fingerprint density at radius 3 is 2.39 bits per heavy atom. The summed E-state index contributed by atoms with van der Waals surface area (Å²) in [6, 6.07) is 8.38. The van der Waals surface area contributed by atoms with Gasteiger partial charge in [-0.3, -0.25) is 4.79 Å². The molecule has 5 nitrogen and oxygen atoms in total. The van der Waals surface area contributed by atoms with E-state index in [9.17, 15) is 14.7 Å². The lowest BCUT2D eigenvalue weighted by Gasteiger charge is -2.09. The maximum absolute atomic E-state index is 11.8. The van der Waals surface area contributed by atoms with Gasteiger partial charge in [-0.25, -0.2) is 4.79 Å². The molecule has 0 saturated carbocycles. The molecule has 1 amide bonds. The van der Waals surface area contributed by atoms with E-state index in [0.717, 1.165) is 0 Å². The van der Waals surface area contributed by atoms with Crippen molar-refractivity contribution in [1.29, 1.82) is 0 Å². The largest absolute Gasteiger partial charge is 0.510 e. The molecule has 0 aromatic heterocycles. The highest BCUT2D eigenvalue weighted by molar-refractivity contribution is 6.01. The second-order valence-corrected chi connectivity index (χ2v) is 3.50. The molecule has 0 atom stereocenters. The summed E-state index contributed by atoms with van der Waals surface area (Å²) in [5.41, 5.74) is 0.145. The zero-order valence-corrected chi connectivity index (χ0v) is 10.3. The van der Waals surface area contributed by atoms with Crippen molar-refractivity contribution in [2.45, 2.75) is 13.8 Å². The van der Waals surface area contributed by atoms with Crippen LogP contribution in [0.5, 0.6) is 0 Å². The minimum Gasteiger partial charge on any atom is -0.510 e. The van der Waals surface area contributed by atoms with Crippen LogP contribution in [0.1, 0.15) is 24.2 Å². The number of hydrogen-bond acceptors (Lipinski definition) is 4. The van der Waals surface area contributed by atoms with Gasteiger partial charge in [0.25, 0.3) is 5.91 Å². The van der Waals surface area contributed by atoms with Crippen molar-refractivity contribution >= 4 is 11.9 Å². The van der Waals surface area contributed by atoms with Crippen LogP contribution in [0.15, 0.2) is 41.8 Å². The predicted molar refractivity (Wildman–Crippen MR) is 65.9 cm³/mol. The van der Waals surface area contributed by atoms with Gasteiger partial charge < -0.3 is 15.2 Å². The lowest BCUT2D eigenvalue weighted by Crippen LogP contribution is -2.29. The van der Waals surface area contributed by atoms with E-state index in [0.29, 0.717) is 5.56 Å². The first kappa shape index (κ1) is 13.8. The Labute approximate surface area is 105 Å². The Morgan fingerprint density at radius 2 is 1.89 bits per heavy atom. The van der Waals surface area contributed by atoms with Crippen LogP contribution < -0.4 is 5.32 Å². The van der Waals surface area contributed by atoms with Crippen LogP contribution in [0.4, 0.5) is 0 Å². The lowest BCUT2D eigenvalue weighted by molar-refractivity contribution is -0.139. The number of esters is 1. The monoisotopic (exact) mass is 249 g/mol. The Morgan fingerprint density at radius 1 is 1.28 bits per heavy atom. The van der Waals surface area contributed by atoms with E-state index in [1.165, 1.54) is 6.92 Å². The molecule has 1 rings (SSSR count). The quantitative estimate of drug-likeness (QED) is 0.484. The average molecular weight is 249 g/mol. The van der Waals surface area contributed by atoms with Crippen molar-refractivity contribution in [3.05, 3.63) is 47.4 Å². The van der Waals surface area contributed by atoms with E-state index >= 15 is 0 Å². The average Bonchev–Trinajstić information content (AvgIpc) is 2.36. The fourth-order valence-corrected chi connectivity index (χ4v) is 1.27. The standard InChI is InChI=1S/C13H15NO4/c1-3-18-13(17)11(9(2)15)14-12(16)10-7-5-4-6-8-10/h4-8,15H,3H2,1-2H3,(H,14,16)/b11-9-. The van der Waals surface area contributed by atoms with Crippen molar-refractivity contribution < 1.29 is 19.4 Å². The van der Waals surface area contributed by atoms with Crippen LogP contribution in [0.2, 0.25) is 0 Å². The van der Waals surface area contributed by atoms with Crippen molar-refractivity contribution in [3.63, 3.8) is 0 Å². The molecule has 5 heteroatoms. The van der Waals surface area contributed by atoms with Crippen LogP contribution in [0.3, 0.4) is 0 Å². The first-order valence-electron chi connectivity index (χ1n) is 5.49. The smallest absolute Gasteiger partial charge is 0.358 e. The zero-order chi connectivity index (χ0) is 13.5. The molecule has 0 aliphatic carbocycles. The fourth-order valence-electron chi connectivity index (χ4n) is 1.27. The third-order valence-electron chi connectivity index (χ3n) is 2.12. The first-order chi connectivity index (χ1) is 8.56. The Kier molecular flexibility index (Phi) is 4.92. The number of carbonyl (C=O) groups is 2. The van der Waals surface area contributed by atoms with E-state index in [1.807, 2.05) is 0 Å². The number of allylic oxidation sites excluding steroid dienone is 1.